The highest BCUT2D eigenvalue weighted by atomic mass is 19.1. The summed E-state index contributed by atoms with van der Waals surface area (Å²) in [5, 5.41) is 7.11. The molecule has 0 spiro atoms. The molecule has 3 rings (SSSR count). The normalized spacial score (nSPS) is 14.9. The SMILES string of the molecule is CC(C)(Cc1ccc(F)cc1F)NC(=O)c1cnn(C2CN(C(=O)OC(C)(C)C)C2)c1. The van der Waals surface area contributed by atoms with Crippen molar-refractivity contribution < 1.29 is 23.1 Å². The summed E-state index contributed by atoms with van der Waals surface area (Å²) in [4.78, 5) is 26.3. The maximum absolute atomic E-state index is 14.0. The van der Waals surface area contributed by atoms with Crippen LogP contribution in [0.1, 0.15) is 56.6 Å². The van der Waals surface area contributed by atoms with Crippen LogP contribution in [0.25, 0.3) is 0 Å². The number of rotatable bonds is 5. The molecule has 0 atom stereocenters. The Morgan fingerprint density at radius 1 is 1.19 bits per heavy atom. The number of nitrogens with one attached hydrogen (secondary N) is 1. The molecule has 2 aromatic rings. The molecule has 7 nitrogen and oxygen atoms in total. The molecule has 1 saturated heterocycles. The first-order chi connectivity index (χ1) is 14.3. The van der Waals surface area contributed by atoms with Gasteiger partial charge in [-0.15, -0.1) is 0 Å². The van der Waals surface area contributed by atoms with Gasteiger partial charge in [-0.05, 0) is 52.7 Å². The van der Waals surface area contributed by atoms with E-state index in [1.165, 1.54) is 18.3 Å². The molecule has 1 aliphatic heterocycles. The predicted molar refractivity (Wildman–Crippen MR) is 111 cm³/mol. The van der Waals surface area contributed by atoms with Gasteiger partial charge in [-0.25, -0.2) is 13.6 Å². The zero-order chi connectivity index (χ0) is 23.0. The predicted octanol–water partition coefficient (Wildman–Crippen LogP) is 3.70. The van der Waals surface area contributed by atoms with E-state index in [0.717, 1.165) is 6.07 Å². The van der Waals surface area contributed by atoms with Crippen LogP contribution in [-0.4, -0.2) is 50.9 Å². The zero-order valence-electron chi connectivity index (χ0n) is 18.4. The second-order valence-electron chi connectivity index (χ2n) is 9.50. The van der Waals surface area contributed by atoms with E-state index >= 15 is 0 Å². The fourth-order valence-electron chi connectivity index (χ4n) is 3.32. The van der Waals surface area contributed by atoms with Crippen molar-refractivity contribution in [1.29, 1.82) is 0 Å². The topological polar surface area (TPSA) is 76.5 Å². The number of halogens is 2. The number of carbonyl (C=O) groups excluding carboxylic acids is 2. The molecular formula is C22H28F2N4O3. The lowest BCUT2D eigenvalue weighted by Gasteiger charge is -2.39. The van der Waals surface area contributed by atoms with Gasteiger partial charge in [-0.3, -0.25) is 9.48 Å². The van der Waals surface area contributed by atoms with Crippen molar-refractivity contribution in [2.75, 3.05) is 13.1 Å². The van der Waals surface area contributed by atoms with E-state index in [-0.39, 0.29) is 24.5 Å². The van der Waals surface area contributed by atoms with Gasteiger partial charge in [-0.2, -0.15) is 5.10 Å². The summed E-state index contributed by atoms with van der Waals surface area (Å²) >= 11 is 0. The fraction of sp³-hybridized carbons (Fsp3) is 0.500. The first kappa shape index (κ1) is 22.7. The molecule has 9 heteroatoms. The Labute approximate surface area is 180 Å². The second-order valence-corrected chi connectivity index (χ2v) is 9.50. The number of carbonyl (C=O) groups is 2. The molecule has 0 bridgehead atoms. The van der Waals surface area contributed by atoms with Crippen molar-refractivity contribution in [3.63, 3.8) is 0 Å². The van der Waals surface area contributed by atoms with Crippen molar-refractivity contribution in [3.8, 4) is 0 Å². The Balaban J connectivity index is 1.56. The first-order valence-electron chi connectivity index (χ1n) is 10.1. The Hall–Kier alpha value is -2.97. The van der Waals surface area contributed by atoms with E-state index in [0.29, 0.717) is 24.2 Å². The van der Waals surface area contributed by atoms with E-state index in [1.807, 2.05) is 20.8 Å². The lowest BCUT2D eigenvalue weighted by molar-refractivity contribution is -0.000421. The smallest absolute Gasteiger partial charge is 0.410 e. The maximum Gasteiger partial charge on any atom is 0.410 e. The molecule has 1 aromatic heterocycles. The molecule has 2 amide bonds. The van der Waals surface area contributed by atoms with Gasteiger partial charge in [0.05, 0.1) is 17.8 Å². The summed E-state index contributed by atoms with van der Waals surface area (Å²) < 4.78 is 34.1. The van der Waals surface area contributed by atoms with Crippen molar-refractivity contribution in [3.05, 3.63) is 53.4 Å². The van der Waals surface area contributed by atoms with Gasteiger partial charge in [0.15, 0.2) is 0 Å². The van der Waals surface area contributed by atoms with Crippen LogP contribution < -0.4 is 5.32 Å². The first-order valence-corrected chi connectivity index (χ1v) is 10.1. The Kier molecular flexibility index (Phi) is 6.07. The largest absolute Gasteiger partial charge is 0.444 e. The van der Waals surface area contributed by atoms with Gasteiger partial charge in [0.1, 0.15) is 17.2 Å². The highest BCUT2D eigenvalue weighted by Crippen LogP contribution is 2.24. The van der Waals surface area contributed by atoms with Gasteiger partial charge in [-0.1, -0.05) is 6.07 Å². The van der Waals surface area contributed by atoms with Crippen molar-refractivity contribution >= 4 is 12.0 Å². The molecule has 1 N–H and O–H groups in total. The zero-order valence-corrected chi connectivity index (χ0v) is 18.4. The monoisotopic (exact) mass is 434 g/mol. The molecule has 2 heterocycles. The number of aromatic nitrogens is 2. The van der Waals surface area contributed by atoms with Crippen LogP contribution in [0.5, 0.6) is 0 Å². The second kappa shape index (κ2) is 8.28. The van der Waals surface area contributed by atoms with Gasteiger partial charge >= 0.3 is 6.09 Å². The highest BCUT2D eigenvalue weighted by molar-refractivity contribution is 5.94. The van der Waals surface area contributed by atoms with Crippen LogP contribution in [-0.2, 0) is 11.2 Å². The van der Waals surface area contributed by atoms with Crippen LogP contribution in [0.2, 0.25) is 0 Å². The van der Waals surface area contributed by atoms with E-state index in [2.05, 4.69) is 10.4 Å². The Morgan fingerprint density at radius 2 is 1.87 bits per heavy atom. The third kappa shape index (κ3) is 5.80. The summed E-state index contributed by atoms with van der Waals surface area (Å²) in [6.07, 6.45) is 2.91. The minimum atomic E-state index is -0.762. The fourth-order valence-corrected chi connectivity index (χ4v) is 3.32. The Morgan fingerprint density at radius 3 is 2.48 bits per heavy atom. The minimum absolute atomic E-state index is 0.0320. The quantitative estimate of drug-likeness (QED) is 0.779. The van der Waals surface area contributed by atoms with Gasteiger partial charge < -0.3 is 15.0 Å². The van der Waals surface area contributed by atoms with Crippen LogP contribution in [0.15, 0.2) is 30.6 Å². The van der Waals surface area contributed by atoms with E-state index < -0.39 is 22.8 Å². The van der Waals surface area contributed by atoms with Crippen LogP contribution in [0, 0.1) is 11.6 Å². The standard InChI is InChI=1S/C22H28F2N4O3/c1-21(2,3)31-20(30)27-12-17(13-27)28-11-15(10-25-28)19(29)26-22(4,5)9-14-6-7-16(23)8-18(14)24/h6-8,10-11,17H,9,12-13H2,1-5H3,(H,26,29). The van der Waals surface area contributed by atoms with Gasteiger partial charge in [0.2, 0.25) is 0 Å². The molecule has 168 valence electrons. The third-order valence-corrected chi connectivity index (χ3v) is 4.85. The number of benzene rings is 1. The summed E-state index contributed by atoms with van der Waals surface area (Å²) in [7, 11) is 0. The molecule has 31 heavy (non-hydrogen) atoms. The van der Waals surface area contributed by atoms with Gasteiger partial charge in [0, 0.05) is 30.9 Å². The number of ether oxygens (including phenoxy) is 1. The molecule has 0 radical (unpaired) electrons. The van der Waals surface area contributed by atoms with Crippen molar-refractivity contribution in [1.82, 2.24) is 20.0 Å². The third-order valence-electron chi connectivity index (χ3n) is 4.85. The van der Waals surface area contributed by atoms with Crippen molar-refractivity contribution in [2.24, 2.45) is 0 Å². The number of amides is 2. The maximum atomic E-state index is 14.0. The number of nitrogens with zero attached hydrogens (tertiary/aromatic N) is 3. The Bertz CT molecular complexity index is 975. The molecular weight excluding hydrogens is 406 g/mol. The lowest BCUT2D eigenvalue weighted by Crippen LogP contribution is -2.52. The van der Waals surface area contributed by atoms with E-state index in [1.54, 1.807) is 29.6 Å². The van der Waals surface area contributed by atoms with Crippen LogP contribution >= 0.6 is 0 Å². The number of hydrogen-bond donors (Lipinski definition) is 1. The van der Waals surface area contributed by atoms with Crippen LogP contribution in [0.3, 0.4) is 0 Å². The summed E-state index contributed by atoms with van der Waals surface area (Å²) in [6, 6.07) is 3.37. The average Bonchev–Trinajstić information content (AvgIpc) is 3.03. The molecule has 1 aromatic carbocycles. The average molecular weight is 434 g/mol. The number of likely N-dealkylation sites (tertiary alicyclic amines) is 1. The van der Waals surface area contributed by atoms with Crippen molar-refractivity contribution in [2.45, 2.75) is 58.2 Å². The summed E-state index contributed by atoms with van der Waals surface area (Å²) in [5.74, 6) is -1.63. The lowest BCUT2D eigenvalue weighted by atomic mass is 9.94. The summed E-state index contributed by atoms with van der Waals surface area (Å²) in [6.45, 7) is 9.87. The molecule has 0 saturated carbocycles. The molecule has 1 aliphatic rings. The minimum Gasteiger partial charge on any atom is -0.444 e. The summed E-state index contributed by atoms with van der Waals surface area (Å²) in [5.41, 5.74) is -0.632. The molecule has 0 unspecified atom stereocenters. The highest BCUT2D eigenvalue weighted by Gasteiger charge is 2.35. The molecule has 1 fully saturated rings. The number of hydrogen-bond acceptors (Lipinski definition) is 4. The van der Waals surface area contributed by atoms with E-state index in [9.17, 15) is 18.4 Å². The van der Waals surface area contributed by atoms with Crippen LogP contribution in [0.4, 0.5) is 13.6 Å². The van der Waals surface area contributed by atoms with E-state index in [4.69, 9.17) is 4.74 Å². The van der Waals surface area contributed by atoms with Gasteiger partial charge in [0.25, 0.3) is 5.91 Å². The molecule has 0 aliphatic carbocycles.